The van der Waals surface area contributed by atoms with Gasteiger partial charge in [-0.2, -0.15) is 0 Å². The highest BCUT2D eigenvalue weighted by Crippen LogP contribution is 2.12. The predicted molar refractivity (Wildman–Crippen MR) is 78.0 cm³/mol. The molecule has 0 aliphatic carbocycles. The van der Waals surface area contributed by atoms with Gasteiger partial charge in [-0.15, -0.1) is 11.3 Å². The number of hydrogen-bond acceptors (Lipinski definition) is 6. The number of pyridine rings is 1. The molecule has 0 radical (unpaired) electrons. The lowest BCUT2D eigenvalue weighted by Gasteiger charge is -2.05. The van der Waals surface area contributed by atoms with Crippen LogP contribution in [0.1, 0.15) is 22.5 Å². The van der Waals surface area contributed by atoms with E-state index in [4.69, 9.17) is 10.5 Å². The first-order valence-electron chi connectivity index (χ1n) is 6.17. The van der Waals surface area contributed by atoms with Crippen LogP contribution in [0.3, 0.4) is 0 Å². The molecule has 2 heterocycles. The van der Waals surface area contributed by atoms with Gasteiger partial charge >= 0.3 is 0 Å². The van der Waals surface area contributed by atoms with Crippen molar-refractivity contribution in [2.45, 2.75) is 12.8 Å². The summed E-state index contributed by atoms with van der Waals surface area (Å²) in [7, 11) is 1.52. The number of carbonyl (C=O) groups is 1. The Morgan fingerprint density at radius 2 is 2.40 bits per heavy atom. The lowest BCUT2D eigenvalue weighted by molar-refractivity contribution is 0.0952. The van der Waals surface area contributed by atoms with E-state index in [2.05, 4.69) is 15.3 Å². The Balaban J connectivity index is 1.77. The molecular weight excluding hydrogens is 276 g/mol. The Hall–Kier alpha value is -2.15. The summed E-state index contributed by atoms with van der Waals surface area (Å²) in [6.45, 7) is 0.584. The van der Waals surface area contributed by atoms with Crippen molar-refractivity contribution in [2.24, 2.45) is 0 Å². The fraction of sp³-hybridized carbons (Fsp3) is 0.308. The van der Waals surface area contributed by atoms with Crippen molar-refractivity contribution < 1.29 is 9.53 Å². The minimum Gasteiger partial charge on any atom is -0.481 e. The van der Waals surface area contributed by atoms with Crippen LogP contribution in [0.4, 0.5) is 5.13 Å². The zero-order valence-corrected chi connectivity index (χ0v) is 11.9. The van der Waals surface area contributed by atoms with Crippen molar-refractivity contribution in [3.8, 4) is 5.88 Å². The third-order valence-corrected chi connectivity index (χ3v) is 3.39. The molecule has 2 rings (SSSR count). The maximum Gasteiger partial charge on any atom is 0.251 e. The van der Waals surface area contributed by atoms with E-state index >= 15 is 0 Å². The number of aromatic nitrogens is 2. The second-order valence-electron chi connectivity index (χ2n) is 4.12. The summed E-state index contributed by atoms with van der Waals surface area (Å²) in [6.07, 6.45) is 3.16. The Kier molecular flexibility index (Phi) is 4.89. The van der Waals surface area contributed by atoms with Crippen LogP contribution in [0, 0.1) is 0 Å². The Bertz CT molecular complexity index is 585. The van der Waals surface area contributed by atoms with Gasteiger partial charge in [-0.05, 0) is 18.9 Å². The molecule has 106 valence electrons. The smallest absolute Gasteiger partial charge is 0.251 e. The highest BCUT2D eigenvalue weighted by atomic mass is 32.1. The molecule has 7 heteroatoms. The van der Waals surface area contributed by atoms with Crippen molar-refractivity contribution in [3.63, 3.8) is 0 Å². The van der Waals surface area contributed by atoms with E-state index in [0.717, 1.165) is 18.5 Å². The maximum atomic E-state index is 11.9. The Labute approximate surface area is 121 Å². The molecule has 0 aromatic carbocycles. The zero-order chi connectivity index (χ0) is 14.4. The number of aryl methyl sites for hydroxylation is 1. The second-order valence-corrected chi connectivity index (χ2v) is 5.01. The van der Waals surface area contributed by atoms with Crippen LogP contribution >= 0.6 is 11.3 Å². The van der Waals surface area contributed by atoms with Crippen LogP contribution in [0.5, 0.6) is 5.88 Å². The van der Waals surface area contributed by atoms with Crippen LogP contribution in [0.25, 0.3) is 0 Å². The summed E-state index contributed by atoms with van der Waals surface area (Å²) in [5, 5.41) is 5.36. The third-order valence-electron chi connectivity index (χ3n) is 2.67. The summed E-state index contributed by atoms with van der Waals surface area (Å²) in [5.74, 6) is 0.291. The van der Waals surface area contributed by atoms with Gasteiger partial charge in [0.25, 0.3) is 5.91 Å². The summed E-state index contributed by atoms with van der Waals surface area (Å²) in [6, 6.07) is 3.26. The molecule has 0 aliphatic rings. The minimum absolute atomic E-state index is 0.136. The first-order chi connectivity index (χ1) is 9.69. The van der Waals surface area contributed by atoms with Crippen molar-refractivity contribution in [3.05, 3.63) is 35.0 Å². The average Bonchev–Trinajstić information content (AvgIpc) is 2.89. The summed E-state index contributed by atoms with van der Waals surface area (Å²) < 4.78 is 4.98. The largest absolute Gasteiger partial charge is 0.481 e. The first kappa shape index (κ1) is 14.3. The number of nitrogens with two attached hydrogens (primary N) is 1. The molecule has 0 fully saturated rings. The number of methoxy groups -OCH3 is 1. The van der Waals surface area contributed by atoms with Crippen molar-refractivity contribution in [1.82, 2.24) is 15.3 Å². The van der Waals surface area contributed by atoms with Crippen molar-refractivity contribution in [2.75, 3.05) is 19.4 Å². The van der Waals surface area contributed by atoms with E-state index in [1.807, 2.05) is 5.38 Å². The van der Waals surface area contributed by atoms with Crippen LogP contribution in [-0.4, -0.2) is 29.5 Å². The highest BCUT2D eigenvalue weighted by molar-refractivity contribution is 7.13. The molecular formula is C13H16N4O2S. The molecule has 0 aliphatic heterocycles. The van der Waals surface area contributed by atoms with Gasteiger partial charge in [0.2, 0.25) is 5.88 Å². The molecule has 2 aromatic rings. The lowest BCUT2D eigenvalue weighted by atomic mass is 10.2. The van der Waals surface area contributed by atoms with Gasteiger partial charge in [0.15, 0.2) is 5.13 Å². The fourth-order valence-electron chi connectivity index (χ4n) is 1.67. The molecule has 0 saturated heterocycles. The number of nitrogens with one attached hydrogen (secondary N) is 1. The zero-order valence-electron chi connectivity index (χ0n) is 11.1. The number of anilines is 1. The number of ether oxygens (including phenoxy) is 1. The fourth-order valence-corrected chi connectivity index (χ4v) is 2.27. The van der Waals surface area contributed by atoms with E-state index in [1.54, 1.807) is 18.3 Å². The van der Waals surface area contributed by atoms with Crippen LogP contribution < -0.4 is 15.8 Å². The normalized spacial score (nSPS) is 10.2. The molecule has 0 spiro atoms. The van der Waals surface area contributed by atoms with Crippen LogP contribution in [0.2, 0.25) is 0 Å². The van der Waals surface area contributed by atoms with Gasteiger partial charge in [0.05, 0.1) is 12.8 Å². The molecule has 3 N–H and O–H groups in total. The van der Waals surface area contributed by atoms with Crippen molar-refractivity contribution >= 4 is 22.4 Å². The van der Waals surface area contributed by atoms with E-state index in [0.29, 0.717) is 23.1 Å². The Morgan fingerprint density at radius 1 is 1.55 bits per heavy atom. The van der Waals surface area contributed by atoms with Gasteiger partial charge in [-0.3, -0.25) is 4.79 Å². The SMILES string of the molecule is COc1cc(C(=O)NCCCc2csc(N)n2)ccn1. The summed E-state index contributed by atoms with van der Waals surface area (Å²) in [4.78, 5) is 20.0. The topological polar surface area (TPSA) is 90.1 Å². The summed E-state index contributed by atoms with van der Waals surface area (Å²) in [5.41, 5.74) is 7.06. The lowest BCUT2D eigenvalue weighted by Crippen LogP contribution is -2.24. The maximum absolute atomic E-state index is 11.9. The molecule has 6 nitrogen and oxygen atoms in total. The average molecular weight is 292 g/mol. The molecule has 1 amide bonds. The van der Waals surface area contributed by atoms with Gasteiger partial charge in [-0.25, -0.2) is 9.97 Å². The quantitative estimate of drug-likeness (QED) is 0.787. The first-order valence-corrected chi connectivity index (χ1v) is 7.05. The Morgan fingerprint density at radius 3 is 3.10 bits per heavy atom. The third kappa shape index (κ3) is 3.92. The molecule has 2 aromatic heterocycles. The van der Waals surface area contributed by atoms with E-state index in [9.17, 15) is 4.79 Å². The van der Waals surface area contributed by atoms with E-state index < -0.39 is 0 Å². The molecule has 0 saturated carbocycles. The molecule has 0 bridgehead atoms. The second kappa shape index (κ2) is 6.85. The number of nitrogens with zero attached hydrogens (tertiary/aromatic N) is 2. The summed E-state index contributed by atoms with van der Waals surface area (Å²) >= 11 is 1.43. The van der Waals surface area contributed by atoms with Gasteiger partial charge < -0.3 is 15.8 Å². The number of amides is 1. The number of hydrogen-bond donors (Lipinski definition) is 2. The molecule has 0 atom stereocenters. The minimum atomic E-state index is -0.136. The number of thiazole rings is 1. The van der Waals surface area contributed by atoms with Crippen LogP contribution in [0.15, 0.2) is 23.7 Å². The predicted octanol–water partition coefficient (Wildman–Crippen LogP) is 1.49. The van der Waals surface area contributed by atoms with E-state index in [-0.39, 0.29) is 5.91 Å². The van der Waals surface area contributed by atoms with Gasteiger partial charge in [0, 0.05) is 29.8 Å². The van der Waals surface area contributed by atoms with Gasteiger partial charge in [0.1, 0.15) is 0 Å². The monoisotopic (exact) mass is 292 g/mol. The highest BCUT2D eigenvalue weighted by Gasteiger charge is 2.06. The number of rotatable bonds is 6. The standard InChI is InChI=1S/C13H16N4O2S/c1-19-11-7-9(4-6-15-11)12(18)16-5-2-3-10-8-20-13(14)17-10/h4,6-8H,2-3,5H2,1H3,(H2,14,17)(H,16,18). The number of carbonyl (C=O) groups excluding carboxylic acids is 1. The van der Waals surface area contributed by atoms with Crippen molar-refractivity contribution in [1.29, 1.82) is 0 Å². The van der Waals surface area contributed by atoms with E-state index in [1.165, 1.54) is 18.4 Å². The van der Waals surface area contributed by atoms with Crippen LogP contribution in [-0.2, 0) is 6.42 Å². The molecule has 20 heavy (non-hydrogen) atoms. The molecule has 0 unspecified atom stereocenters. The van der Waals surface area contributed by atoms with Gasteiger partial charge in [-0.1, -0.05) is 0 Å². The number of nitrogen functional groups attached to an aromatic ring is 1.